The zero-order chi connectivity index (χ0) is 23.4. The Labute approximate surface area is 194 Å². The summed E-state index contributed by atoms with van der Waals surface area (Å²) in [5.74, 6) is 3.00. The maximum atomic E-state index is 12.8. The van der Waals surface area contributed by atoms with E-state index < -0.39 is 0 Å². The summed E-state index contributed by atoms with van der Waals surface area (Å²) < 4.78 is 23.4. The first-order valence-electron chi connectivity index (χ1n) is 10.2. The molecule has 0 atom stereocenters. The maximum Gasteiger partial charge on any atom is 0.291 e. The molecule has 4 rings (SSSR count). The smallest absolute Gasteiger partial charge is 0.291 e. The van der Waals surface area contributed by atoms with E-state index >= 15 is 0 Å². The molecule has 0 fully saturated rings. The van der Waals surface area contributed by atoms with Crippen molar-refractivity contribution in [2.45, 2.75) is 6.92 Å². The number of fused-ring (bicyclic) bond motifs is 1. The van der Waals surface area contributed by atoms with Crippen LogP contribution in [0.2, 0.25) is 0 Å². The van der Waals surface area contributed by atoms with Gasteiger partial charge >= 0.3 is 0 Å². The quantitative estimate of drug-likeness (QED) is 0.395. The van der Waals surface area contributed by atoms with Crippen LogP contribution in [0.15, 0.2) is 41.2 Å². The van der Waals surface area contributed by atoms with Crippen molar-refractivity contribution in [3.63, 3.8) is 0 Å². The summed E-state index contributed by atoms with van der Waals surface area (Å²) in [7, 11) is 4.76. The number of methoxy groups -OCH3 is 3. The van der Waals surface area contributed by atoms with E-state index in [4.69, 9.17) is 18.9 Å². The van der Waals surface area contributed by atoms with Crippen molar-refractivity contribution < 1.29 is 18.9 Å². The van der Waals surface area contributed by atoms with Gasteiger partial charge in [0, 0.05) is 0 Å². The van der Waals surface area contributed by atoms with E-state index in [0.29, 0.717) is 44.9 Å². The topological polar surface area (TPSA) is 84.2 Å². The number of hydrogen-bond donors (Lipinski definition) is 0. The van der Waals surface area contributed by atoms with E-state index in [1.807, 2.05) is 49.4 Å². The SMILES string of the molecule is CCOc1ccc(C=c2sc3nc(C=Cc4ccc(OC)c(OC)c4)nn3c2=O)cc1OC. The molecule has 0 aliphatic carbocycles. The predicted octanol–water partition coefficient (Wildman–Crippen LogP) is 3.29. The Hall–Kier alpha value is -3.85. The Bertz CT molecular complexity index is 1420. The maximum absolute atomic E-state index is 12.8. The van der Waals surface area contributed by atoms with Gasteiger partial charge in [-0.3, -0.25) is 4.79 Å². The summed E-state index contributed by atoms with van der Waals surface area (Å²) in [6.07, 6.45) is 5.40. The number of thiazole rings is 1. The minimum absolute atomic E-state index is 0.221. The molecular weight excluding hydrogens is 442 g/mol. The number of ether oxygens (including phenoxy) is 4. The average Bonchev–Trinajstić information content (AvgIpc) is 3.36. The van der Waals surface area contributed by atoms with Gasteiger partial charge in [0.1, 0.15) is 0 Å². The van der Waals surface area contributed by atoms with Crippen molar-refractivity contribution in [1.82, 2.24) is 14.6 Å². The molecule has 9 heteroatoms. The molecule has 0 radical (unpaired) electrons. The molecule has 0 saturated heterocycles. The molecule has 2 aromatic heterocycles. The van der Waals surface area contributed by atoms with E-state index in [1.54, 1.807) is 33.5 Å². The molecule has 0 N–H and O–H groups in total. The van der Waals surface area contributed by atoms with Crippen LogP contribution in [0.3, 0.4) is 0 Å². The molecule has 0 spiro atoms. The third-order valence-corrected chi connectivity index (χ3v) is 5.78. The van der Waals surface area contributed by atoms with Gasteiger partial charge in [0.15, 0.2) is 28.8 Å². The molecule has 8 nitrogen and oxygen atoms in total. The van der Waals surface area contributed by atoms with Crippen LogP contribution >= 0.6 is 11.3 Å². The van der Waals surface area contributed by atoms with Crippen molar-refractivity contribution in [1.29, 1.82) is 0 Å². The lowest BCUT2D eigenvalue weighted by Gasteiger charge is -2.09. The lowest BCUT2D eigenvalue weighted by molar-refractivity contribution is 0.311. The van der Waals surface area contributed by atoms with Gasteiger partial charge in [-0.1, -0.05) is 29.5 Å². The lowest BCUT2D eigenvalue weighted by atomic mass is 10.2. The minimum Gasteiger partial charge on any atom is -0.493 e. The van der Waals surface area contributed by atoms with Crippen molar-refractivity contribution in [3.8, 4) is 23.0 Å². The molecule has 4 aromatic rings. The summed E-state index contributed by atoms with van der Waals surface area (Å²) in [5, 5.41) is 4.33. The van der Waals surface area contributed by atoms with Gasteiger partial charge in [-0.2, -0.15) is 9.50 Å². The monoisotopic (exact) mass is 465 g/mol. The van der Waals surface area contributed by atoms with Gasteiger partial charge in [-0.05, 0) is 54.5 Å². The molecule has 0 unspecified atom stereocenters. The van der Waals surface area contributed by atoms with E-state index in [1.165, 1.54) is 15.9 Å². The summed E-state index contributed by atoms with van der Waals surface area (Å²) in [5.41, 5.74) is 1.50. The van der Waals surface area contributed by atoms with Crippen LogP contribution in [0.25, 0.3) is 23.2 Å². The molecule has 0 amide bonds. The van der Waals surface area contributed by atoms with Gasteiger partial charge < -0.3 is 18.9 Å². The van der Waals surface area contributed by atoms with Crippen LogP contribution in [0.5, 0.6) is 23.0 Å². The third-order valence-electron chi connectivity index (χ3n) is 4.82. The van der Waals surface area contributed by atoms with Gasteiger partial charge in [0.25, 0.3) is 5.56 Å². The summed E-state index contributed by atoms with van der Waals surface area (Å²) in [6.45, 7) is 2.45. The molecular formula is C24H23N3O5S. The fraction of sp³-hybridized carbons (Fsp3) is 0.208. The summed E-state index contributed by atoms with van der Waals surface area (Å²) in [4.78, 5) is 17.8. The Kier molecular flexibility index (Phi) is 6.60. The first-order valence-corrected chi connectivity index (χ1v) is 11.0. The van der Waals surface area contributed by atoms with E-state index in [-0.39, 0.29) is 5.56 Å². The highest BCUT2D eigenvalue weighted by molar-refractivity contribution is 7.15. The molecule has 33 heavy (non-hydrogen) atoms. The average molecular weight is 466 g/mol. The summed E-state index contributed by atoms with van der Waals surface area (Å²) >= 11 is 1.28. The van der Waals surface area contributed by atoms with Crippen LogP contribution in [0, 0.1) is 0 Å². The first kappa shape index (κ1) is 22.3. The summed E-state index contributed by atoms with van der Waals surface area (Å²) in [6, 6.07) is 11.1. The van der Waals surface area contributed by atoms with Crippen LogP contribution in [-0.2, 0) is 0 Å². The number of benzene rings is 2. The highest BCUT2D eigenvalue weighted by Gasteiger charge is 2.10. The zero-order valence-corrected chi connectivity index (χ0v) is 19.5. The second kappa shape index (κ2) is 9.74. The van der Waals surface area contributed by atoms with E-state index in [2.05, 4.69) is 10.1 Å². The Morgan fingerprint density at radius 2 is 1.58 bits per heavy atom. The number of nitrogens with zero attached hydrogens (tertiary/aromatic N) is 3. The Morgan fingerprint density at radius 1 is 0.909 bits per heavy atom. The fourth-order valence-corrected chi connectivity index (χ4v) is 4.16. The zero-order valence-electron chi connectivity index (χ0n) is 18.7. The molecule has 2 heterocycles. The predicted molar refractivity (Wildman–Crippen MR) is 129 cm³/mol. The third kappa shape index (κ3) is 4.68. The second-order valence-electron chi connectivity index (χ2n) is 6.87. The first-order chi connectivity index (χ1) is 16.1. The Morgan fingerprint density at radius 3 is 2.27 bits per heavy atom. The molecule has 0 aliphatic heterocycles. The molecule has 170 valence electrons. The van der Waals surface area contributed by atoms with E-state index in [9.17, 15) is 4.79 Å². The molecule has 0 aliphatic rings. The molecule has 2 aromatic carbocycles. The van der Waals surface area contributed by atoms with Crippen LogP contribution < -0.4 is 29.0 Å². The van der Waals surface area contributed by atoms with Gasteiger partial charge in [0.2, 0.25) is 4.96 Å². The van der Waals surface area contributed by atoms with Crippen LogP contribution in [0.4, 0.5) is 0 Å². The van der Waals surface area contributed by atoms with Crippen molar-refractivity contribution in [2.24, 2.45) is 0 Å². The largest absolute Gasteiger partial charge is 0.493 e. The fourth-order valence-electron chi connectivity index (χ4n) is 3.25. The highest BCUT2D eigenvalue weighted by Crippen LogP contribution is 2.29. The van der Waals surface area contributed by atoms with Crippen molar-refractivity contribution in [3.05, 3.63) is 68.2 Å². The second-order valence-corrected chi connectivity index (χ2v) is 7.88. The Balaban J connectivity index is 1.62. The highest BCUT2D eigenvalue weighted by atomic mass is 32.1. The standard InChI is InChI=1S/C24H23N3O5S/c1-5-32-18-10-7-16(13-20(18)31-4)14-21-23(28)27-24(33-21)25-22(26-27)11-8-15-6-9-17(29-2)19(12-15)30-3/h6-14H,5H2,1-4H3. The number of aromatic nitrogens is 3. The van der Waals surface area contributed by atoms with Gasteiger partial charge in [-0.25, -0.2) is 0 Å². The van der Waals surface area contributed by atoms with Crippen molar-refractivity contribution >= 4 is 34.5 Å². The van der Waals surface area contributed by atoms with Crippen molar-refractivity contribution in [2.75, 3.05) is 27.9 Å². The lowest BCUT2D eigenvalue weighted by Crippen LogP contribution is -2.23. The molecule has 0 saturated carbocycles. The van der Waals surface area contributed by atoms with Gasteiger partial charge in [0.05, 0.1) is 32.5 Å². The van der Waals surface area contributed by atoms with E-state index in [0.717, 1.165) is 11.1 Å². The normalized spacial score (nSPS) is 11.9. The number of rotatable bonds is 8. The number of hydrogen-bond acceptors (Lipinski definition) is 8. The molecule has 0 bridgehead atoms. The van der Waals surface area contributed by atoms with Gasteiger partial charge in [-0.15, -0.1) is 5.10 Å². The minimum atomic E-state index is -0.221. The van der Waals surface area contributed by atoms with Crippen LogP contribution in [0.1, 0.15) is 23.9 Å². The van der Waals surface area contributed by atoms with Crippen LogP contribution in [-0.4, -0.2) is 42.5 Å².